The molecule has 0 aromatic heterocycles. The maximum atomic E-state index is 11.9. The second kappa shape index (κ2) is 5.31. The molecule has 0 saturated carbocycles. The van der Waals surface area contributed by atoms with Gasteiger partial charge >= 0.3 is 5.97 Å². The summed E-state index contributed by atoms with van der Waals surface area (Å²) in [6.45, 7) is 3.22. The molecule has 0 aliphatic carbocycles. The Morgan fingerprint density at radius 2 is 1.94 bits per heavy atom. The Morgan fingerprint density at radius 1 is 1.24 bits per heavy atom. The van der Waals surface area contributed by atoms with E-state index in [2.05, 4.69) is 0 Å². The number of hydrogen-bond acceptors (Lipinski definition) is 3. The smallest absolute Gasteiger partial charge is 0.332 e. The number of carboxylic acid groups (broad SMARTS) is 1. The van der Waals surface area contributed by atoms with Crippen LogP contribution in [0.1, 0.15) is 19.3 Å². The second-order valence-electron chi connectivity index (χ2n) is 4.62. The highest BCUT2D eigenvalue weighted by atomic mass is 16.4. The number of carboxylic acids is 1. The number of nitrogens with zero attached hydrogens (tertiary/aromatic N) is 2. The standard InChI is InChI=1S/C12H18N2O3/c15-11(14-6-1-2-7-14)9-13-5-3-4-10(8-13)12(16)17/h4H,1-3,5-9H2,(H,16,17). The van der Waals surface area contributed by atoms with Gasteiger partial charge in [0.05, 0.1) is 6.54 Å². The molecule has 0 radical (unpaired) electrons. The van der Waals surface area contributed by atoms with Gasteiger partial charge in [0, 0.05) is 31.8 Å². The summed E-state index contributed by atoms with van der Waals surface area (Å²) in [6, 6.07) is 0. The molecule has 0 bridgehead atoms. The molecule has 1 saturated heterocycles. The topological polar surface area (TPSA) is 60.9 Å². The molecule has 94 valence electrons. The van der Waals surface area contributed by atoms with Crippen LogP contribution in [0.5, 0.6) is 0 Å². The molecule has 0 unspecified atom stereocenters. The number of hydrogen-bond donors (Lipinski definition) is 1. The number of rotatable bonds is 3. The first-order valence-electron chi connectivity index (χ1n) is 6.09. The van der Waals surface area contributed by atoms with E-state index >= 15 is 0 Å². The van der Waals surface area contributed by atoms with Gasteiger partial charge in [-0.2, -0.15) is 0 Å². The molecule has 17 heavy (non-hydrogen) atoms. The third-order valence-corrected chi connectivity index (χ3v) is 3.32. The molecular formula is C12H18N2O3. The lowest BCUT2D eigenvalue weighted by Gasteiger charge is -2.27. The molecule has 5 nitrogen and oxygen atoms in total. The van der Waals surface area contributed by atoms with Gasteiger partial charge in [0.2, 0.25) is 5.91 Å². The van der Waals surface area contributed by atoms with E-state index in [1.165, 1.54) is 0 Å². The Labute approximate surface area is 101 Å². The van der Waals surface area contributed by atoms with Crippen LogP contribution in [0, 0.1) is 0 Å². The normalized spacial score (nSPS) is 21.4. The van der Waals surface area contributed by atoms with Crippen molar-refractivity contribution in [2.45, 2.75) is 19.3 Å². The average Bonchev–Trinajstić information content (AvgIpc) is 2.82. The van der Waals surface area contributed by atoms with Gasteiger partial charge in [-0.1, -0.05) is 6.08 Å². The van der Waals surface area contributed by atoms with Gasteiger partial charge in [-0.15, -0.1) is 0 Å². The van der Waals surface area contributed by atoms with Gasteiger partial charge in [-0.3, -0.25) is 9.69 Å². The third-order valence-electron chi connectivity index (χ3n) is 3.32. The van der Waals surface area contributed by atoms with Gasteiger partial charge in [-0.05, 0) is 19.3 Å². The Bertz CT molecular complexity index is 346. The second-order valence-corrected chi connectivity index (χ2v) is 4.62. The summed E-state index contributed by atoms with van der Waals surface area (Å²) in [6.07, 6.45) is 4.64. The van der Waals surface area contributed by atoms with E-state index in [0.717, 1.165) is 38.9 Å². The molecule has 0 aromatic rings. The Kier molecular flexibility index (Phi) is 3.78. The van der Waals surface area contributed by atoms with Gasteiger partial charge in [0.25, 0.3) is 0 Å². The minimum absolute atomic E-state index is 0.133. The molecular weight excluding hydrogens is 220 g/mol. The van der Waals surface area contributed by atoms with Crippen LogP contribution in [0.25, 0.3) is 0 Å². The Hall–Kier alpha value is -1.36. The Morgan fingerprint density at radius 3 is 2.59 bits per heavy atom. The number of likely N-dealkylation sites (tertiary alicyclic amines) is 1. The largest absolute Gasteiger partial charge is 0.478 e. The van der Waals surface area contributed by atoms with Gasteiger partial charge in [-0.25, -0.2) is 4.79 Å². The SMILES string of the molecule is O=C(O)C1=CCCN(CC(=O)N2CCCC2)C1. The molecule has 0 aromatic carbocycles. The minimum Gasteiger partial charge on any atom is -0.478 e. The van der Waals surface area contributed by atoms with E-state index < -0.39 is 5.97 Å². The summed E-state index contributed by atoms with van der Waals surface area (Å²) >= 11 is 0. The summed E-state index contributed by atoms with van der Waals surface area (Å²) in [5.41, 5.74) is 0.408. The van der Waals surface area contributed by atoms with Gasteiger partial charge < -0.3 is 10.0 Å². The quantitative estimate of drug-likeness (QED) is 0.769. The predicted octanol–water partition coefficient (Wildman–Crippen LogP) is 0.326. The van der Waals surface area contributed by atoms with E-state index in [-0.39, 0.29) is 5.91 Å². The molecule has 2 rings (SSSR count). The maximum Gasteiger partial charge on any atom is 0.332 e. The molecule has 0 spiro atoms. The number of carbonyl (C=O) groups is 2. The van der Waals surface area contributed by atoms with Crippen molar-refractivity contribution in [2.24, 2.45) is 0 Å². The van der Waals surface area contributed by atoms with Crippen molar-refractivity contribution in [1.29, 1.82) is 0 Å². The Balaban J connectivity index is 1.85. The molecule has 2 aliphatic rings. The summed E-state index contributed by atoms with van der Waals surface area (Å²) in [4.78, 5) is 26.6. The van der Waals surface area contributed by atoms with Crippen molar-refractivity contribution < 1.29 is 14.7 Å². The van der Waals surface area contributed by atoms with Gasteiger partial charge in [0.15, 0.2) is 0 Å². The average molecular weight is 238 g/mol. The zero-order chi connectivity index (χ0) is 12.3. The highest BCUT2D eigenvalue weighted by Crippen LogP contribution is 2.12. The lowest BCUT2D eigenvalue weighted by Crippen LogP contribution is -2.41. The summed E-state index contributed by atoms with van der Waals surface area (Å²) in [7, 11) is 0. The van der Waals surface area contributed by atoms with E-state index in [1.54, 1.807) is 6.08 Å². The van der Waals surface area contributed by atoms with E-state index in [0.29, 0.717) is 18.7 Å². The van der Waals surface area contributed by atoms with Crippen molar-refractivity contribution in [1.82, 2.24) is 9.80 Å². The van der Waals surface area contributed by atoms with E-state index in [4.69, 9.17) is 5.11 Å². The van der Waals surface area contributed by atoms with Crippen molar-refractivity contribution in [3.63, 3.8) is 0 Å². The number of amides is 1. The third kappa shape index (κ3) is 3.06. The summed E-state index contributed by atoms with van der Waals surface area (Å²) in [5, 5.41) is 8.91. The first kappa shape index (κ1) is 12.1. The first-order valence-corrected chi connectivity index (χ1v) is 6.09. The van der Waals surface area contributed by atoms with Crippen molar-refractivity contribution in [2.75, 3.05) is 32.7 Å². The molecule has 2 aliphatic heterocycles. The van der Waals surface area contributed by atoms with Crippen molar-refractivity contribution in [3.8, 4) is 0 Å². The van der Waals surface area contributed by atoms with Crippen LogP contribution in [-0.2, 0) is 9.59 Å². The predicted molar refractivity (Wildman–Crippen MR) is 62.6 cm³/mol. The fraction of sp³-hybridized carbons (Fsp3) is 0.667. The van der Waals surface area contributed by atoms with Crippen LogP contribution >= 0.6 is 0 Å². The monoisotopic (exact) mass is 238 g/mol. The van der Waals surface area contributed by atoms with Crippen LogP contribution in [0.15, 0.2) is 11.6 Å². The van der Waals surface area contributed by atoms with Crippen molar-refractivity contribution in [3.05, 3.63) is 11.6 Å². The summed E-state index contributed by atoms with van der Waals surface area (Å²) in [5.74, 6) is -0.738. The van der Waals surface area contributed by atoms with Gasteiger partial charge in [0.1, 0.15) is 0 Å². The number of aliphatic carboxylic acids is 1. The molecule has 0 atom stereocenters. The molecule has 1 amide bonds. The highest BCUT2D eigenvalue weighted by molar-refractivity contribution is 5.87. The highest BCUT2D eigenvalue weighted by Gasteiger charge is 2.23. The number of carbonyl (C=O) groups excluding carboxylic acids is 1. The molecule has 1 fully saturated rings. The van der Waals surface area contributed by atoms with E-state index in [9.17, 15) is 9.59 Å². The fourth-order valence-corrected chi connectivity index (χ4v) is 2.35. The van der Waals surface area contributed by atoms with Crippen LogP contribution in [-0.4, -0.2) is 59.5 Å². The molecule has 2 heterocycles. The van der Waals surface area contributed by atoms with Crippen LogP contribution in [0.2, 0.25) is 0 Å². The maximum absolute atomic E-state index is 11.9. The lowest BCUT2D eigenvalue weighted by atomic mass is 10.1. The fourth-order valence-electron chi connectivity index (χ4n) is 2.35. The first-order chi connectivity index (χ1) is 8.16. The minimum atomic E-state index is -0.872. The van der Waals surface area contributed by atoms with Crippen LogP contribution < -0.4 is 0 Å². The van der Waals surface area contributed by atoms with Crippen LogP contribution in [0.3, 0.4) is 0 Å². The van der Waals surface area contributed by atoms with E-state index in [1.807, 2.05) is 9.80 Å². The zero-order valence-corrected chi connectivity index (χ0v) is 9.89. The lowest BCUT2D eigenvalue weighted by molar-refractivity contribution is -0.134. The molecule has 1 N–H and O–H groups in total. The van der Waals surface area contributed by atoms with Crippen LogP contribution in [0.4, 0.5) is 0 Å². The van der Waals surface area contributed by atoms with Crippen molar-refractivity contribution >= 4 is 11.9 Å². The molecule has 5 heteroatoms. The zero-order valence-electron chi connectivity index (χ0n) is 9.89. The summed E-state index contributed by atoms with van der Waals surface area (Å²) < 4.78 is 0.